The summed E-state index contributed by atoms with van der Waals surface area (Å²) in [4.78, 5) is 15.6. The molecule has 5 heteroatoms. The van der Waals surface area contributed by atoms with E-state index in [1.54, 1.807) is 6.20 Å². The number of nitrogens with one attached hydrogen (secondary N) is 1. The predicted octanol–water partition coefficient (Wildman–Crippen LogP) is 3.47. The van der Waals surface area contributed by atoms with Crippen molar-refractivity contribution in [3.05, 3.63) is 64.4 Å². The van der Waals surface area contributed by atoms with Crippen LogP contribution in [0.15, 0.2) is 42.6 Å². The second-order valence-electron chi connectivity index (χ2n) is 4.37. The van der Waals surface area contributed by atoms with Gasteiger partial charge in [-0.25, -0.2) is 9.78 Å². The third kappa shape index (κ3) is 4.24. The highest BCUT2D eigenvalue weighted by Crippen LogP contribution is 2.12. The minimum absolute atomic E-state index is 0.255. The van der Waals surface area contributed by atoms with Gasteiger partial charge in [-0.05, 0) is 29.7 Å². The summed E-state index contributed by atoms with van der Waals surface area (Å²) in [7, 11) is 0. The number of carbonyl (C=O) groups excluding carboxylic acids is 1. The Morgan fingerprint density at radius 3 is 2.75 bits per heavy atom. The number of rotatable bonds is 4. The van der Waals surface area contributed by atoms with Crippen LogP contribution in [0, 0.1) is 6.92 Å². The molecule has 0 saturated carbocycles. The Morgan fingerprint density at radius 1 is 1.30 bits per heavy atom. The minimum Gasteiger partial charge on any atom is -0.445 e. The maximum absolute atomic E-state index is 11.6. The summed E-state index contributed by atoms with van der Waals surface area (Å²) in [5.74, 6) is 0. The van der Waals surface area contributed by atoms with Gasteiger partial charge in [0.15, 0.2) is 0 Å². The lowest BCUT2D eigenvalue weighted by Gasteiger charge is -2.07. The van der Waals surface area contributed by atoms with Crippen LogP contribution < -0.4 is 5.32 Å². The number of hydrogen-bond acceptors (Lipinski definition) is 3. The lowest BCUT2D eigenvalue weighted by Crippen LogP contribution is -2.23. The van der Waals surface area contributed by atoms with E-state index in [2.05, 4.69) is 10.3 Å². The van der Waals surface area contributed by atoms with Gasteiger partial charge in [-0.15, -0.1) is 0 Å². The molecule has 2 rings (SSSR count). The number of aryl methyl sites for hydroxylation is 1. The molecule has 0 saturated heterocycles. The van der Waals surface area contributed by atoms with E-state index in [1.807, 2.05) is 43.3 Å². The Hall–Kier alpha value is -2.07. The molecule has 0 radical (unpaired) electrons. The average Bonchev–Trinajstić information content (AvgIpc) is 2.47. The van der Waals surface area contributed by atoms with E-state index in [0.717, 1.165) is 16.7 Å². The van der Waals surface area contributed by atoms with Crippen molar-refractivity contribution in [3.63, 3.8) is 0 Å². The molecule has 1 heterocycles. The average molecular weight is 291 g/mol. The number of hydrogen-bond donors (Lipinski definition) is 1. The molecule has 1 amide bonds. The Morgan fingerprint density at radius 2 is 2.05 bits per heavy atom. The van der Waals surface area contributed by atoms with Crippen molar-refractivity contribution in [3.8, 4) is 0 Å². The van der Waals surface area contributed by atoms with Crippen molar-refractivity contribution in [1.29, 1.82) is 0 Å². The molecular formula is C15H15ClN2O2. The van der Waals surface area contributed by atoms with Crippen molar-refractivity contribution >= 4 is 17.7 Å². The number of amides is 1. The van der Waals surface area contributed by atoms with Gasteiger partial charge < -0.3 is 10.1 Å². The Balaban J connectivity index is 1.79. The molecule has 0 spiro atoms. The van der Waals surface area contributed by atoms with Gasteiger partial charge in [0.1, 0.15) is 11.8 Å². The Bertz CT molecular complexity index is 588. The number of aromatic nitrogens is 1. The van der Waals surface area contributed by atoms with E-state index < -0.39 is 6.09 Å². The minimum atomic E-state index is -0.457. The van der Waals surface area contributed by atoms with Crippen molar-refractivity contribution in [1.82, 2.24) is 10.3 Å². The first-order valence-electron chi connectivity index (χ1n) is 6.21. The normalized spacial score (nSPS) is 10.1. The molecule has 104 valence electrons. The van der Waals surface area contributed by atoms with E-state index in [4.69, 9.17) is 16.3 Å². The van der Waals surface area contributed by atoms with Crippen LogP contribution in [0.2, 0.25) is 5.15 Å². The van der Waals surface area contributed by atoms with Gasteiger partial charge in [-0.2, -0.15) is 0 Å². The van der Waals surface area contributed by atoms with E-state index >= 15 is 0 Å². The Labute approximate surface area is 122 Å². The van der Waals surface area contributed by atoms with Gasteiger partial charge in [0.05, 0.1) is 0 Å². The molecule has 0 fully saturated rings. The molecule has 0 aliphatic heterocycles. The van der Waals surface area contributed by atoms with E-state index in [9.17, 15) is 4.79 Å². The van der Waals surface area contributed by atoms with Gasteiger partial charge >= 0.3 is 6.09 Å². The fraction of sp³-hybridized carbons (Fsp3) is 0.200. The third-order valence-electron chi connectivity index (χ3n) is 2.72. The van der Waals surface area contributed by atoms with Crippen LogP contribution in [0.3, 0.4) is 0 Å². The molecule has 1 N–H and O–H groups in total. The number of alkyl carbamates (subject to hydrolysis) is 1. The van der Waals surface area contributed by atoms with Crippen LogP contribution in [0.25, 0.3) is 0 Å². The first-order valence-corrected chi connectivity index (χ1v) is 6.58. The van der Waals surface area contributed by atoms with Gasteiger partial charge in [0.2, 0.25) is 0 Å². The van der Waals surface area contributed by atoms with Crippen LogP contribution in [-0.4, -0.2) is 11.1 Å². The summed E-state index contributed by atoms with van der Waals surface area (Å²) in [5.41, 5.74) is 2.71. The van der Waals surface area contributed by atoms with Crippen molar-refractivity contribution < 1.29 is 9.53 Å². The van der Waals surface area contributed by atoms with E-state index in [1.165, 1.54) is 0 Å². The molecule has 2 aromatic rings. The topological polar surface area (TPSA) is 51.2 Å². The van der Waals surface area contributed by atoms with Crippen molar-refractivity contribution in [2.75, 3.05) is 0 Å². The molecule has 4 nitrogen and oxygen atoms in total. The fourth-order valence-corrected chi connectivity index (χ4v) is 1.76. The molecule has 0 aliphatic rings. The van der Waals surface area contributed by atoms with Crippen LogP contribution in [0.1, 0.15) is 16.7 Å². The van der Waals surface area contributed by atoms with E-state index in [-0.39, 0.29) is 6.61 Å². The number of carbonyl (C=O) groups is 1. The lowest BCUT2D eigenvalue weighted by atomic mass is 10.2. The van der Waals surface area contributed by atoms with Gasteiger partial charge in [0, 0.05) is 12.7 Å². The molecular weight excluding hydrogens is 276 g/mol. The van der Waals surface area contributed by atoms with Crippen molar-refractivity contribution in [2.24, 2.45) is 0 Å². The second kappa shape index (κ2) is 6.91. The first kappa shape index (κ1) is 14.3. The first-order chi connectivity index (χ1) is 9.65. The number of nitrogens with zero attached hydrogens (tertiary/aromatic N) is 1. The zero-order chi connectivity index (χ0) is 14.4. The third-order valence-corrected chi connectivity index (χ3v) is 3.12. The summed E-state index contributed by atoms with van der Waals surface area (Å²) in [5, 5.41) is 3.14. The standard InChI is InChI=1S/C15H15ClN2O2/c1-11-7-13(8-17-14(11)16)9-18-15(19)20-10-12-5-3-2-4-6-12/h2-8H,9-10H2,1H3,(H,18,19). The number of halogens is 1. The van der Waals surface area contributed by atoms with Gasteiger partial charge in [0.25, 0.3) is 0 Å². The monoisotopic (exact) mass is 290 g/mol. The van der Waals surface area contributed by atoms with Gasteiger partial charge in [-0.1, -0.05) is 41.9 Å². The number of benzene rings is 1. The number of pyridine rings is 1. The molecule has 0 aliphatic carbocycles. The zero-order valence-corrected chi connectivity index (χ0v) is 11.9. The molecule has 1 aromatic heterocycles. The molecule has 0 unspecified atom stereocenters. The highest BCUT2D eigenvalue weighted by atomic mass is 35.5. The zero-order valence-electron chi connectivity index (χ0n) is 11.1. The summed E-state index contributed by atoms with van der Waals surface area (Å²) in [6, 6.07) is 11.4. The SMILES string of the molecule is Cc1cc(CNC(=O)OCc2ccccc2)cnc1Cl. The smallest absolute Gasteiger partial charge is 0.407 e. The molecule has 0 atom stereocenters. The summed E-state index contributed by atoms with van der Waals surface area (Å²) in [6.45, 7) is 2.48. The van der Waals surface area contributed by atoms with Crippen LogP contribution >= 0.6 is 11.6 Å². The maximum Gasteiger partial charge on any atom is 0.407 e. The largest absolute Gasteiger partial charge is 0.445 e. The second-order valence-corrected chi connectivity index (χ2v) is 4.72. The molecule has 0 bridgehead atoms. The predicted molar refractivity (Wildman–Crippen MR) is 77.5 cm³/mol. The molecule has 20 heavy (non-hydrogen) atoms. The Kier molecular flexibility index (Phi) is 4.96. The van der Waals surface area contributed by atoms with Crippen LogP contribution in [0.4, 0.5) is 4.79 Å². The summed E-state index contributed by atoms with van der Waals surface area (Å²) >= 11 is 5.84. The highest BCUT2D eigenvalue weighted by molar-refractivity contribution is 6.30. The van der Waals surface area contributed by atoms with Crippen molar-refractivity contribution in [2.45, 2.75) is 20.1 Å². The lowest BCUT2D eigenvalue weighted by molar-refractivity contribution is 0.139. The maximum atomic E-state index is 11.6. The fourth-order valence-electron chi connectivity index (χ4n) is 1.66. The van der Waals surface area contributed by atoms with Gasteiger partial charge in [-0.3, -0.25) is 0 Å². The quantitative estimate of drug-likeness (QED) is 0.877. The van der Waals surface area contributed by atoms with E-state index in [0.29, 0.717) is 11.7 Å². The molecule has 1 aromatic carbocycles. The summed E-state index contributed by atoms with van der Waals surface area (Å²) in [6.07, 6.45) is 1.17. The summed E-state index contributed by atoms with van der Waals surface area (Å²) < 4.78 is 5.11. The number of ether oxygens (including phenoxy) is 1. The van der Waals surface area contributed by atoms with Crippen LogP contribution in [0.5, 0.6) is 0 Å². The van der Waals surface area contributed by atoms with Crippen LogP contribution in [-0.2, 0) is 17.9 Å². The highest BCUT2D eigenvalue weighted by Gasteiger charge is 2.04.